The molecular formula is C8H10O2S. The number of benzene rings is 1. The van der Waals surface area contributed by atoms with Gasteiger partial charge in [0.05, 0.1) is 6.42 Å². The molecule has 0 heterocycles. The second-order valence-corrected chi connectivity index (χ2v) is 2.06. The third kappa shape index (κ3) is 3.68. The van der Waals surface area contributed by atoms with Crippen LogP contribution in [0.5, 0.6) is 0 Å². The van der Waals surface area contributed by atoms with Crippen LogP contribution in [0.25, 0.3) is 0 Å². The molecule has 0 radical (unpaired) electrons. The fourth-order valence-electron chi connectivity index (χ4n) is 0.770. The predicted octanol–water partition coefficient (Wildman–Crippen LogP) is 1.43. The molecular weight excluding hydrogens is 160 g/mol. The van der Waals surface area contributed by atoms with Gasteiger partial charge in [0.2, 0.25) is 0 Å². The standard InChI is InChI=1S/C8H8O2.H2S/c9-8(10)6-7-4-2-1-3-5-7;/h1-5H,6H2,(H,9,10);1H2. The predicted molar refractivity (Wildman–Crippen MR) is 48.2 cm³/mol. The van der Waals surface area contributed by atoms with Gasteiger partial charge in [-0.15, -0.1) is 0 Å². The lowest BCUT2D eigenvalue weighted by Gasteiger charge is -1.92. The molecule has 0 amide bonds. The monoisotopic (exact) mass is 170 g/mol. The summed E-state index contributed by atoms with van der Waals surface area (Å²) >= 11 is 0. The van der Waals surface area contributed by atoms with Crippen molar-refractivity contribution < 1.29 is 9.90 Å². The van der Waals surface area contributed by atoms with E-state index in [-0.39, 0.29) is 19.9 Å². The Balaban J connectivity index is 0.000001000. The number of hydrogen-bond acceptors (Lipinski definition) is 1. The average molecular weight is 170 g/mol. The van der Waals surface area contributed by atoms with Gasteiger partial charge in [-0.3, -0.25) is 4.79 Å². The van der Waals surface area contributed by atoms with E-state index in [2.05, 4.69) is 0 Å². The Hall–Kier alpha value is -0.960. The zero-order valence-corrected chi connectivity index (χ0v) is 6.95. The highest BCUT2D eigenvalue weighted by Gasteiger charge is 1.96. The summed E-state index contributed by atoms with van der Waals surface area (Å²) in [5, 5.41) is 8.37. The van der Waals surface area contributed by atoms with Crippen molar-refractivity contribution >= 4 is 19.5 Å². The van der Waals surface area contributed by atoms with Gasteiger partial charge in [-0.1, -0.05) is 30.3 Å². The van der Waals surface area contributed by atoms with Gasteiger partial charge in [0.25, 0.3) is 0 Å². The highest BCUT2D eigenvalue weighted by molar-refractivity contribution is 7.59. The highest BCUT2D eigenvalue weighted by Crippen LogP contribution is 1.98. The van der Waals surface area contributed by atoms with Gasteiger partial charge in [0.1, 0.15) is 0 Å². The maximum Gasteiger partial charge on any atom is 0.307 e. The second kappa shape index (κ2) is 4.79. The van der Waals surface area contributed by atoms with Gasteiger partial charge in [-0.2, -0.15) is 13.5 Å². The van der Waals surface area contributed by atoms with Crippen molar-refractivity contribution in [2.75, 3.05) is 0 Å². The van der Waals surface area contributed by atoms with E-state index in [0.29, 0.717) is 0 Å². The molecule has 60 valence electrons. The molecule has 0 unspecified atom stereocenters. The van der Waals surface area contributed by atoms with Crippen LogP contribution in [-0.4, -0.2) is 11.1 Å². The molecule has 0 aliphatic heterocycles. The number of aliphatic carboxylic acids is 1. The molecule has 0 spiro atoms. The summed E-state index contributed by atoms with van der Waals surface area (Å²) in [4.78, 5) is 10.2. The summed E-state index contributed by atoms with van der Waals surface area (Å²) in [6.07, 6.45) is 0.112. The summed E-state index contributed by atoms with van der Waals surface area (Å²) in [7, 11) is 0. The Kier molecular flexibility index (Phi) is 4.38. The van der Waals surface area contributed by atoms with Crippen LogP contribution in [-0.2, 0) is 11.2 Å². The van der Waals surface area contributed by atoms with Crippen LogP contribution < -0.4 is 0 Å². The van der Waals surface area contributed by atoms with Crippen molar-refractivity contribution in [2.24, 2.45) is 0 Å². The van der Waals surface area contributed by atoms with Gasteiger partial charge < -0.3 is 5.11 Å². The molecule has 0 bridgehead atoms. The van der Waals surface area contributed by atoms with Crippen molar-refractivity contribution in [1.29, 1.82) is 0 Å². The van der Waals surface area contributed by atoms with E-state index < -0.39 is 5.97 Å². The first-order valence-corrected chi connectivity index (χ1v) is 3.05. The number of carboxylic acid groups (broad SMARTS) is 1. The van der Waals surface area contributed by atoms with E-state index in [1.165, 1.54) is 0 Å². The summed E-state index contributed by atoms with van der Waals surface area (Å²) in [6, 6.07) is 9.13. The van der Waals surface area contributed by atoms with Crippen LogP contribution >= 0.6 is 13.5 Å². The molecule has 0 fully saturated rings. The van der Waals surface area contributed by atoms with Crippen molar-refractivity contribution in [3.8, 4) is 0 Å². The van der Waals surface area contributed by atoms with Gasteiger partial charge >= 0.3 is 5.97 Å². The fourth-order valence-corrected chi connectivity index (χ4v) is 0.770. The third-order valence-electron chi connectivity index (χ3n) is 1.20. The molecule has 0 aliphatic carbocycles. The normalized spacial score (nSPS) is 8.36. The van der Waals surface area contributed by atoms with E-state index >= 15 is 0 Å². The summed E-state index contributed by atoms with van der Waals surface area (Å²) in [5.41, 5.74) is 0.843. The van der Waals surface area contributed by atoms with Crippen molar-refractivity contribution in [2.45, 2.75) is 6.42 Å². The molecule has 1 N–H and O–H groups in total. The van der Waals surface area contributed by atoms with E-state index in [4.69, 9.17) is 5.11 Å². The Morgan fingerprint density at radius 2 is 1.82 bits per heavy atom. The second-order valence-electron chi connectivity index (χ2n) is 2.06. The fraction of sp³-hybridized carbons (Fsp3) is 0.125. The van der Waals surface area contributed by atoms with Gasteiger partial charge in [-0.05, 0) is 5.56 Å². The Labute approximate surface area is 72.3 Å². The van der Waals surface area contributed by atoms with Crippen molar-refractivity contribution in [1.82, 2.24) is 0 Å². The lowest BCUT2D eigenvalue weighted by atomic mass is 10.2. The summed E-state index contributed by atoms with van der Waals surface area (Å²) in [5.74, 6) is -0.786. The maximum atomic E-state index is 10.2. The van der Waals surface area contributed by atoms with E-state index in [0.717, 1.165) is 5.56 Å². The molecule has 0 atom stereocenters. The lowest BCUT2D eigenvalue weighted by Crippen LogP contribution is -1.98. The van der Waals surface area contributed by atoms with Crippen LogP contribution in [0.1, 0.15) is 5.56 Å². The third-order valence-corrected chi connectivity index (χ3v) is 1.20. The number of carboxylic acids is 1. The molecule has 1 aromatic rings. The highest BCUT2D eigenvalue weighted by atomic mass is 32.1. The largest absolute Gasteiger partial charge is 0.481 e. The molecule has 1 rings (SSSR count). The minimum absolute atomic E-state index is 0. The number of carbonyl (C=O) groups is 1. The first kappa shape index (κ1) is 10.0. The Morgan fingerprint density at radius 1 is 1.27 bits per heavy atom. The quantitative estimate of drug-likeness (QED) is 0.729. The van der Waals surface area contributed by atoms with Gasteiger partial charge in [-0.25, -0.2) is 0 Å². The minimum atomic E-state index is -0.786. The Morgan fingerprint density at radius 3 is 2.27 bits per heavy atom. The molecule has 0 aliphatic rings. The molecule has 0 saturated heterocycles. The van der Waals surface area contributed by atoms with Gasteiger partial charge in [0, 0.05) is 0 Å². The summed E-state index contributed by atoms with van der Waals surface area (Å²) < 4.78 is 0. The van der Waals surface area contributed by atoms with Crippen molar-refractivity contribution in [3.63, 3.8) is 0 Å². The number of rotatable bonds is 2. The van der Waals surface area contributed by atoms with Crippen molar-refractivity contribution in [3.05, 3.63) is 35.9 Å². The zero-order chi connectivity index (χ0) is 7.40. The molecule has 0 saturated carbocycles. The lowest BCUT2D eigenvalue weighted by molar-refractivity contribution is -0.136. The molecule has 11 heavy (non-hydrogen) atoms. The molecule has 2 nitrogen and oxygen atoms in total. The minimum Gasteiger partial charge on any atom is -0.481 e. The van der Waals surface area contributed by atoms with Crippen LogP contribution in [0.3, 0.4) is 0 Å². The smallest absolute Gasteiger partial charge is 0.307 e. The molecule has 1 aromatic carbocycles. The Bertz CT molecular complexity index is 221. The van der Waals surface area contributed by atoms with E-state index in [9.17, 15) is 4.79 Å². The first-order chi connectivity index (χ1) is 4.79. The van der Waals surface area contributed by atoms with Gasteiger partial charge in [0.15, 0.2) is 0 Å². The maximum absolute atomic E-state index is 10.2. The number of hydrogen-bond donors (Lipinski definition) is 1. The molecule has 3 heteroatoms. The topological polar surface area (TPSA) is 37.3 Å². The average Bonchev–Trinajstić information content (AvgIpc) is 1.88. The van der Waals surface area contributed by atoms with E-state index in [1.807, 2.05) is 18.2 Å². The van der Waals surface area contributed by atoms with Crippen LogP contribution in [0.15, 0.2) is 30.3 Å². The summed E-state index contributed by atoms with van der Waals surface area (Å²) in [6.45, 7) is 0. The zero-order valence-electron chi connectivity index (χ0n) is 5.95. The molecule has 0 aromatic heterocycles. The first-order valence-electron chi connectivity index (χ1n) is 3.05. The van der Waals surface area contributed by atoms with Crippen LogP contribution in [0.2, 0.25) is 0 Å². The SMILES string of the molecule is O=C(O)Cc1ccccc1.S. The van der Waals surface area contributed by atoms with E-state index in [1.54, 1.807) is 12.1 Å². The van der Waals surface area contributed by atoms with Crippen LogP contribution in [0.4, 0.5) is 0 Å². The van der Waals surface area contributed by atoms with Crippen LogP contribution in [0, 0.1) is 0 Å².